The van der Waals surface area contributed by atoms with Crippen molar-refractivity contribution in [2.75, 3.05) is 24.5 Å². The highest BCUT2D eigenvalue weighted by atomic mass is 16.2. The van der Waals surface area contributed by atoms with E-state index in [4.69, 9.17) is 0 Å². The van der Waals surface area contributed by atoms with E-state index in [0.29, 0.717) is 12.3 Å². The van der Waals surface area contributed by atoms with Crippen LogP contribution in [0.4, 0.5) is 5.69 Å². The van der Waals surface area contributed by atoms with Gasteiger partial charge in [-0.25, -0.2) is 0 Å². The molecule has 0 bridgehead atoms. The van der Waals surface area contributed by atoms with Crippen LogP contribution in [0.5, 0.6) is 0 Å². The lowest BCUT2D eigenvalue weighted by atomic mass is 9.94. The highest BCUT2D eigenvalue weighted by molar-refractivity contribution is 5.94. The molecule has 1 amide bonds. The van der Waals surface area contributed by atoms with Gasteiger partial charge >= 0.3 is 0 Å². The van der Waals surface area contributed by atoms with E-state index < -0.39 is 0 Å². The molecule has 1 heterocycles. The van der Waals surface area contributed by atoms with Gasteiger partial charge in [0, 0.05) is 18.7 Å². The number of anilines is 1. The van der Waals surface area contributed by atoms with Gasteiger partial charge in [0.2, 0.25) is 5.91 Å². The van der Waals surface area contributed by atoms with Crippen LogP contribution in [0.2, 0.25) is 0 Å². The normalized spacial score (nSPS) is 18.8. The van der Waals surface area contributed by atoms with E-state index in [1.807, 2.05) is 30.0 Å². The summed E-state index contributed by atoms with van der Waals surface area (Å²) in [4.78, 5) is 14.4. The second-order valence-corrected chi connectivity index (χ2v) is 5.68. The van der Waals surface area contributed by atoms with E-state index >= 15 is 0 Å². The zero-order valence-electron chi connectivity index (χ0n) is 12.7. The minimum Gasteiger partial charge on any atom is -0.316 e. The van der Waals surface area contributed by atoms with Crippen LogP contribution in [0.15, 0.2) is 24.3 Å². The van der Waals surface area contributed by atoms with Crippen LogP contribution in [-0.4, -0.2) is 25.5 Å². The van der Waals surface area contributed by atoms with E-state index in [-0.39, 0.29) is 5.91 Å². The summed E-state index contributed by atoms with van der Waals surface area (Å²) >= 11 is 0. The number of carbonyl (C=O) groups is 1. The number of carbonyl (C=O) groups excluding carboxylic acids is 1. The van der Waals surface area contributed by atoms with E-state index in [0.717, 1.165) is 31.7 Å². The number of rotatable bonds is 5. The lowest BCUT2D eigenvalue weighted by Crippen LogP contribution is -2.33. The predicted octanol–water partition coefficient (Wildman–Crippen LogP) is 3.13. The molecule has 0 radical (unpaired) electrons. The first-order valence-electron chi connectivity index (χ1n) is 7.79. The van der Waals surface area contributed by atoms with Gasteiger partial charge in [0.15, 0.2) is 0 Å². The van der Waals surface area contributed by atoms with Crippen molar-refractivity contribution in [3.63, 3.8) is 0 Å². The van der Waals surface area contributed by atoms with Crippen molar-refractivity contribution in [3.05, 3.63) is 29.8 Å². The van der Waals surface area contributed by atoms with Crippen molar-refractivity contribution >= 4 is 11.6 Å². The summed E-state index contributed by atoms with van der Waals surface area (Å²) in [6.45, 7) is 7.06. The number of hydrogen-bond donors (Lipinski definition) is 1. The van der Waals surface area contributed by atoms with Gasteiger partial charge < -0.3 is 10.2 Å². The summed E-state index contributed by atoms with van der Waals surface area (Å²) in [5, 5.41) is 3.42. The largest absolute Gasteiger partial charge is 0.316 e. The first-order valence-corrected chi connectivity index (χ1v) is 7.79. The number of nitrogens with zero attached hydrogens (tertiary/aromatic N) is 1. The van der Waals surface area contributed by atoms with Gasteiger partial charge in [-0.1, -0.05) is 18.2 Å². The third-order valence-electron chi connectivity index (χ3n) is 4.19. The average Bonchev–Trinajstić information content (AvgIpc) is 2.49. The van der Waals surface area contributed by atoms with Gasteiger partial charge in [-0.05, 0) is 63.7 Å². The fourth-order valence-corrected chi connectivity index (χ4v) is 2.98. The number of benzene rings is 1. The maximum Gasteiger partial charge on any atom is 0.226 e. The molecule has 0 aliphatic carbocycles. The molecule has 0 aromatic heterocycles. The van der Waals surface area contributed by atoms with Crippen molar-refractivity contribution in [1.82, 2.24) is 5.32 Å². The third kappa shape index (κ3) is 3.83. The minimum atomic E-state index is 0.257. The Kier molecular flexibility index (Phi) is 5.60. The smallest absolute Gasteiger partial charge is 0.226 e. The van der Waals surface area contributed by atoms with E-state index in [1.54, 1.807) is 0 Å². The predicted molar refractivity (Wildman–Crippen MR) is 84.0 cm³/mol. The maximum atomic E-state index is 12.5. The third-order valence-corrected chi connectivity index (χ3v) is 4.19. The van der Waals surface area contributed by atoms with Gasteiger partial charge in [0.1, 0.15) is 0 Å². The number of hydrogen-bond acceptors (Lipinski definition) is 2. The SMILES string of the molecule is CCN(C(=O)CCC1CCCNC1)c1ccccc1C. The fourth-order valence-electron chi connectivity index (χ4n) is 2.98. The molecule has 1 fully saturated rings. The molecule has 20 heavy (non-hydrogen) atoms. The van der Waals surface area contributed by atoms with Crippen molar-refractivity contribution in [2.24, 2.45) is 5.92 Å². The molecule has 1 aliphatic rings. The lowest BCUT2D eigenvalue weighted by molar-refractivity contribution is -0.118. The van der Waals surface area contributed by atoms with Crippen LogP contribution < -0.4 is 10.2 Å². The Morgan fingerprint density at radius 3 is 2.85 bits per heavy atom. The fraction of sp³-hybridized carbons (Fsp3) is 0.588. The van der Waals surface area contributed by atoms with Crippen molar-refractivity contribution in [1.29, 1.82) is 0 Å². The number of piperidine rings is 1. The Balaban J connectivity index is 1.93. The molecular formula is C17H26N2O. The molecule has 1 aromatic rings. The second-order valence-electron chi connectivity index (χ2n) is 5.68. The number of amides is 1. The Bertz CT molecular complexity index is 438. The number of para-hydroxylation sites is 1. The molecule has 0 saturated carbocycles. The van der Waals surface area contributed by atoms with Gasteiger partial charge in [0.05, 0.1) is 0 Å². The van der Waals surface area contributed by atoms with Crippen LogP contribution in [0.3, 0.4) is 0 Å². The van der Waals surface area contributed by atoms with Crippen molar-refractivity contribution in [2.45, 2.75) is 39.5 Å². The maximum absolute atomic E-state index is 12.5. The number of aryl methyl sites for hydroxylation is 1. The molecule has 1 aromatic carbocycles. The highest BCUT2D eigenvalue weighted by Crippen LogP contribution is 2.22. The monoisotopic (exact) mass is 274 g/mol. The Morgan fingerprint density at radius 2 is 2.20 bits per heavy atom. The molecule has 1 aliphatic heterocycles. The molecule has 110 valence electrons. The molecule has 1 atom stereocenters. The van der Waals surface area contributed by atoms with Crippen LogP contribution in [0, 0.1) is 12.8 Å². The summed E-state index contributed by atoms with van der Waals surface area (Å²) in [7, 11) is 0. The Labute approximate surface area is 122 Å². The standard InChI is InChI=1S/C17H26N2O/c1-3-19(16-9-5-4-7-14(16)2)17(20)11-10-15-8-6-12-18-13-15/h4-5,7,9,15,18H,3,6,8,10-13H2,1-2H3. The van der Waals surface area contributed by atoms with Gasteiger partial charge in [-0.2, -0.15) is 0 Å². The Hall–Kier alpha value is -1.35. The molecular weight excluding hydrogens is 248 g/mol. The van der Waals surface area contributed by atoms with Crippen LogP contribution in [0.25, 0.3) is 0 Å². The van der Waals surface area contributed by atoms with Gasteiger partial charge in [-0.3, -0.25) is 4.79 Å². The first-order chi connectivity index (χ1) is 9.72. The summed E-state index contributed by atoms with van der Waals surface area (Å²) < 4.78 is 0. The zero-order valence-corrected chi connectivity index (χ0v) is 12.7. The minimum absolute atomic E-state index is 0.257. The topological polar surface area (TPSA) is 32.3 Å². The first kappa shape index (κ1) is 15.0. The van der Waals surface area contributed by atoms with E-state index in [1.165, 1.54) is 18.4 Å². The lowest BCUT2D eigenvalue weighted by Gasteiger charge is -2.26. The van der Waals surface area contributed by atoms with Crippen molar-refractivity contribution < 1.29 is 4.79 Å². The number of nitrogens with one attached hydrogen (secondary N) is 1. The summed E-state index contributed by atoms with van der Waals surface area (Å²) in [5.41, 5.74) is 2.23. The highest BCUT2D eigenvalue weighted by Gasteiger charge is 2.19. The van der Waals surface area contributed by atoms with Crippen LogP contribution in [-0.2, 0) is 4.79 Å². The zero-order chi connectivity index (χ0) is 14.4. The molecule has 1 unspecified atom stereocenters. The second kappa shape index (κ2) is 7.44. The van der Waals surface area contributed by atoms with Gasteiger partial charge in [-0.15, -0.1) is 0 Å². The molecule has 2 rings (SSSR count). The Morgan fingerprint density at radius 1 is 1.40 bits per heavy atom. The van der Waals surface area contributed by atoms with Crippen molar-refractivity contribution in [3.8, 4) is 0 Å². The molecule has 3 heteroatoms. The van der Waals surface area contributed by atoms with E-state index in [9.17, 15) is 4.79 Å². The summed E-state index contributed by atoms with van der Waals surface area (Å²) in [5.74, 6) is 0.927. The molecule has 0 spiro atoms. The van der Waals surface area contributed by atoms with E-state index in [2.05, 4.69) is 18.3 Å². The quantitative estimate of drug-likeness (QED) is 0.894. The van der Waals surface area contributed by atoms with Crippen LogP contribution in [0.1, 0.15) is 38.2 Å². The van der Waals surface area contributed by atoms with Crippen LogP contribution >= 0.6 is 0 Å². The molecule has 1 N–H and O–H groups in total. The average molecular weight is 274 g/mol. The van der Waals surface area contributed by atoms with Gasteiger partial charge in [0.25, 0.3) is 0 Å². The summed E-state index contributed by atoms with van der Waals surface area (Å²) in [6.07, 6.45) is 4.17. The molecule has 1 saturated heterocycles. The summed E-state index contributed by atoms with van der Waals surface area (Å²) in [6, 6.07) is 8.13. The molecule has 3 nitrogen and oxygen atoms in total.